The lowest BCUT2D eigenvalue weighted by Crippen LogP contribution is -2.56. The number of unbranched alkanes of at least 4 members (excludes halogenated alkanes) is 2. The lowest BCUT2D eigenvalue weighted by molar-refractivity contribution is 0.0192. The van der Waals surface area contributed by atoms with E-state index in [4.69, 9.17) is 13.3 Å². The van der Waals surface area contributed by atoms with Gasteiger partial charge in [-0.2, -0.15) is 0 Å². The van der Waals surface area contributed by atoms with Gasteiger partial charge in [0.2, 0.25) is 0 Å². The lowest BCUT2D eigenvalue weighted by atomic mass is 10.2. The molecule has 0 heterocycles. The summed E-state index contributed by atoms with van der Waals surface area (Å²) in [6.07, 6.45) is 3.94. The molecule has 1 N–H and O–H groups in total. The van der Waals surface area contributed by atoms with Gasteiger partial charge in [0.1, 0.15) is 5.73 Å². The predicted octanol–water partition coefficient (Wildman–Crippen LogP) is 2.52. The van der Waals surface area contributed by atoms with Gasteiger partial charge in [-0.05, 0) is 27.2 Å². The molecule has 17 heavy (non-hydrogen) atoms. The number of hydrogen-bond acceptors (Lipinski definition) is 4. The molecule has 0 bridgehead atoms. The van der Waals surface area contributed by atoms with Crippen LogP contribution in [0.15, 0.2) is 0 Å². The van der Waals surface area contributed by atoms with Crippen LogP contribution >= 0.6 is 0 Å². The molecule has 5 heteroatoms. The van der Waals surface area contributed by atoms with E-state index < -0.39 is 14.5 Å². The molecular weight excluding hydrogens is 236 g/mol. The molecule has 4 nitrogen and oxygen atoms in total. The van der Waals surface area contributed by atoms with Crippen LogP contribution in [-0.2, 0) is 13.3 Å². The average molecular weight is 264 g/mol. The quantitative estimate of drug-likeness (QED) is 0.460. The van der Waals surface area contributed by atoms with Crippen molar-refractivity contribution in [2.24, 2.45) is 0 Å². The first kappa shape index (κ1) is 17.1. The number of aliphatic hydroxyl groups is 1. The van der Waals surface area contributed by atoms with Gasteiger partial charge >= 0.3 is 8.80 Å². The van der Waals surface area contributed by atoms with E-state index in [1.807, 2.05) is 20.8 Å². The molecule has 104 valence electrons. The molecule has 0 saturated carbocycles. The van der Waals surface area contributed by atoms with E-state index in [1.54, 1.807) is 0 Å². The van der Waals surface area contributed by atoms with Gasteiger partial charge in [0, 0.05) is 19.8 Å². The van der Waals surface area contributed by atoms with Crippen LogP contribution in [0, 0.1) is 0 Å². The van der Waals surface area contributed by atoms with Crippen molar-refractivity contribution in [1.82, 2.24) is 0 Å². The second kappa shape index (κ2) is 10.0. The minimum atomic E-state index is -2.89. The highest BCUT2D eigenvalue weighted by Gasteiger charge is 2.48. The highest BCUT2D eigenvalue weighted by atomic mass is 28.4. The van der Waals surface area contributed by atoms with Gasteiger partial charge in [0.25, 0.3) is 0 Å². The fraction of sp³-hybridized carbons (Fsp3) is 1.00. The average Bonchev–Trinajstić information content (AvgIpc) is 2.30. The molecular formula is C12H28O4Si. The van der Waals surface area contributed by atoms with Crippen molar-refractivity contribution in [3.8, 4) is 0 Å². The van der Waals surface area contributed by atoms with Crippen molar-refractivity contribution in [3.05, 3.63) is 0 Å². The summed E-state index contributed by atoms with van der Waals surface area (Å²) in [7, 11) is -2.89. The Balaban J connectivity index is 4.48. The first-order chi connectivity index (χ1) is 8.16. The number of hydrogen-bond donors (Lipinski definition) is 1. The standard InChI is InChI=1S/C12H28O4Si/c1-5-9-10-11-12(13)17(14-6-2,15-7-3)16-8-4/h12-13H,5-11H2,1-4H3. The van der Waals surface area contributed by atoms with Crippen LogP contribution in [0.1, 0.15) is 53.4 Å². The molecule has 0 aliphatic rings. The lowest BCUT2D eigenvalue weighted by Gasteiger charge is -2.32. The molecule has 0 saturated heterocycles. The topological polar surface area (TPSA) is 47.9 Å². The van der Waals surface area contributed by atoms with Gasteiger partial charge in [0.05, 0.1) is 0 Å². The second-order valence-electron chi connectivity index (χ2n) is 3.91. The molecule has 0 aromatic heterocycles. The third kappa shape index (κ3) is 5.97. The fourth-order valence-electron chi connectivity index (χ4n) is 1.78. The minimum absolute atomic E-state index is 0.511. The minimum Gasteiger partial charge on any atom is -0.389 e. The summed E-state index contributed by atoms with van der Waals surface area (Å²) >= 11 is 0. The Labute approximate surface area is 107 Å². The van der Waals surface area contributed by atoms with Gasteiger partial charge in [-0.3, -0.25) is 0 Å². The zero-order valence-electron chi connectivity index (χ0n) is 11.7. The number of rotatable bonds is 11. The van der Waals surface area contributed by atoms with Gasteiger partial charge in [-0.15, -0.1) is 0 Å². The Morgan fingerprint density at radius 3 is 1.71 bits per heavy atom. The van der Waals surface area contributed by atoms with Crippen LogP contribution in [0.25, 0.3) is 0 Å². The van der Waals surface area contributed by atoms with Gasteiger partial charge < -0.3 is 18.4 Å². The van der Waals surface area contributed by atoms with Gasteiger partial charge in [-0.25, -0.2) is 0 Å². The van der Waals surface area contributed by atoms with Crippen LogP contribution < -0.4 is 0 Å². The molecule has 0 amide bonds. The van der Waals surface area contributed by atoms with Crippen molar-refractivity contribution < 1.29 is 18.4 Å². The molecule has 0 aromatic rings. The second-order valence-corrected chi connectivity index (χ2v) is 6.65. The van der Waals surface area contributed by atoms with E-state index in [0.29, 0.717) is 26.2 Å². The molecule has 0 spiro atoms. The summed E-state index contributed by atoms with van der Waals surface area (Å²) in [6, 6.07) is 0. The molecule has 1 unspecified atom stereocenters. The van der Waals surface area contributed by atoms with Crippen molar-refractivity contribution in [1.29, 1.82) is 0 Å². The van der Waals surface area contributed by atoms with E-state index in [0.717, 1.165) is 19.3 Å². The summed E-state index contributed by atoms with van der Waals surface area (Å²) in [5.74, 6) is 0. The Morgan fingerprint density at radius 2 is 1.35 bits per heavy atom. The maximum atomic E-state index is 10.3. The van der Waals surface area contributed by atoms with Gasteiger partial charge in [-0.1, -0.05) is 26.2 Å². The SMILES string of the molecule is CCCCCC(O)[Si](OCC)(OCC)OCC. The molecule has 0 radical (unpaired) electrons. The Kier molecular flexibility index (Phi) is 10.1. The molecule has 0 aromatic carbocycles. The largest absolute Gasteiger partial charge is 0.531 e. The van der Waals surface area contributed by atoms with Crippen molar-refractivity contribution in [3.63, 3.8) is 0 Å². The first-order valence-corrected chi connectivity index (χ1v) is 8.56. The van der Waals surface area contributed by atoms with Crippen molar-refractivity contribution in [2.75, 3.05) is 19.8 Å². The van der Waals surface area contributed by atoms with Crippen LogP contribution in [-0.4, -0.2) is 39.5 Å². The summed E-state index contributed by atoms with van der Waals surface area (Å²) in [5, 5.41) is 10.3. The van der Waals surface area contributed by atoms with E-state index in [-0.39, 0.29) is 0 Å². The van der Waals surface area contributed by atoms with Crippen molar-refractivity contribution >= 4 is 8.80 Å². The monoisotopic (exact) mass is 264 g/mol. The summed E-state index contributed by atoms with van der Waals surface area (Å²) in [4.78, 5) is 0. The first-order valence-electron chi connectivity index (χ1n) is 6.76. The van der Waals surface area contributed by atoms with E-state index in [9.17, 15) is 5.11 Å². The zero-order chi connectivity index (χ0) is 13.1. The maximum Gasteiger partial charge on any atom is 0.531 e. The van der Waals surface area contributed by atoms with E-state index >= 15 is 0 Å². The zero-order valence-corrected chi connectivity index (χ0v) is 12.7. The van der Waals surface area contributed by atoms with Crippen LogP contribution in [0.3, 0.4) is 0 Å². The molecule has 0 rings (SSSR count). The summed E-state index contributed by atoms with van der Waals surface area (Å²) < 4.78 is 16.9. The molecule has 0 aliphatic heterocycles. The van der Waals surface area contributed by atoms with Crippen LogP contribution in [0.4, 0.5) is 0 Å². The Hall–Kier alpha value is 0.0569. The summed E-state index contributed by atoms with van der Waals surface area (Å²) in [5.41, 5.74) is -0.603. The number of aliphatic hydroxyl groups excluding tert-OH is 1. The normalized spacial score (nSPS) is 13.9. The van der Waals surface area contributed by atoms with Gasteiger partial charge in [0.15, 0.2) is 0 Å². The highest BCUT2D eigenvalue weighted by molar-refractivity contribution is 6.62. The maximum absolute atomic E-state index is 10.3. The Morgan fingerprint density at radius 1 is 0.882 bits per heavy atom. The third-order valence-electron chi connectivity index (χ3n) is 2.53. The predicted molar refractivity (Wildman–Crippen MR) is 70.8 cm³/mol. The smallest absolute Gasteiger partial charge is 0.389 e. The van der Waals surface area contributed by atoms with E-state index in [2.05, 4.69) is 6.92 Å². The summed E-state index contributed by atoms with van der Waals surface area (Å²) in [6.45, 7) is 9.38. The van der Waals surface area contributed by atoms with E-state index in [1.165, 1.54) is 0 Å². The molecule has 0 fully saturated rings. The Bertz CT molecular complexity index is 161. The molecule has 1 atom stereocenters. The molecule has 0 aliphatic carbocycles. The van der Waals surface area contributed by atoms with Crippen molar-refractivity contribution in [2.45, 2.75) is 59.1 Å². The fourth-order valence-corrected chi connectivity index (χ4v) is 4.37. The third-order valence-corrected chi connectivity index (χ3v) is 5.70. The highest BCUT2D eigenvalue weighted by Crippen LogP contribution is 2.19. The van der Waals surface area contributed by atoms with Crippen LogP contribution in [0.2, 0.25) is 0 Å². The van der Waals surface area contributed by atoms with Crippen LogP contribution in [0.5, 0.6) is 0 Å².